The van der Waals surface area contributed by atoms with E-state index in [2.05, 4.69) is 12.2 Å². The summed E-state index contributed by atoms with van der Waals surface area (Å²) >= 11 is 0. The largest absolute Gasteiger partial charge is 0.478 e. The Morgan fingerprint density at radius 3 is 2.35 bits per heavy atom. The zero-order valence-corrected chi connectivity index (χ0v) is 12.3. The quantitative estimate of drug-likeness (QED) is 0.803. The summed E-state index contributed by atoms with van der Waals surface area (Å²) < 4.78 is 0. The number of hydrogen-bond donors (Lipinski definition) is 2. The highest BCUT2D eigenvalue weighted by molar-refractivity contribution is 5.87. The van der Waals surface area contributed by atoms with Crippen molar-refractivity contribution >= 4 is 5.97 Å². The Kier molecular flexibility index (Phi) is 5.60. The number of carboxylic acid groups (broad SMARTS) is 1. The molecule has 3 nitrogen and oxygen atoms in total. The summed E-state index contributed by atoms with van der Waals surface area (Å²) in [4.78, 5) is 10.8. The summed E-state index contributed by atoms with van der Waals surface area (Å²) in [6.45, 7) is 3.10. The molecule has 0 heterocycles. The minimum absolute atomic E-state index is 0.352. The second-order valence-corrected chi connectivity index (χ2v) is 5.92. The minimum Gasteiger partial charge on any atom is -0.478 e. The van der Waals surface area contributed by atoms with Crippen LogP contribution >= 0.6 is 0 Å². The number of rotatable bonds is 5. The van der Waals surface area contributed by atoms with Crippen molar-refractivity contribution in [3.63, 3.8) is 0 Å². The predicted molar refractivity (Wildman–Crippen MR) is 80.9 cm³/mol. The first-order valence-corrected chi connectivity index (χ1v) is 7.72. The molecule has 2 N–H and O–H groups in total. The van der Waals surface area contributed by atoms with Crippen LogP contribution in [0.15, 0.2) is 24.3 Å². The second kappa shape index (κ2) is 7.44. The van der Waals surface area contributed by atoms with Crippen LogP contribution in [0.5, 0.6) is 0 Å². The molecular formula is C17H25NO2. The maximum absolute atomic E-state index is 10.8. The highest BCUT2D eigenvalue weighted by atomic mass is 16.4. The van der Waals surface area contributed by atoms with E-state index < -0.39 is 5.97 Å². The zero-order valence-electron chi connectivity index (χ0n) is 12.3. The van der Waals surface area contributed by atoms with E-state index in [1.54, 1.807) is 12.1 Å². The molecule has 3 heteroatoms. The maximum Gasteiger partial charge on any atom is 0.335 e. The lowest BCUT2D eigenvalue weighted by Gasteiger charge is -2.23. The number of carboxylic acids is 1. The fraction of sp³-hybridized carbons (Fsp3) is 0.588. The predicted octanol–water partition coefficient (Wildman–Crippen LogP) is 3.83. The van der Waals surface area contributed by atoms with Crippen molar-refractivity contribution in [3.8, 4) is 0 Å². The molecule has 20 heavy (non-hydrogen) atoms. The van der Waals surface area contributed by atoms with Gasteiger partial charge >= 0.3 is 5.97 Å². The molecule has 1 aliphatic rings. The van der Waals surface area contributed by atoms with Gasteiger partial charge in [-0.05, 0) is 43.4 Å². The Bertz CT molecular complexity index is 419. The average Bonchev–Trinajstić information content (AvgIpc) is 2.74. The van der Waals surface area contributed by atoms with E-state index in [0.29, 0.717) is 11.6 Å². The van der Waals surface area contributed by atoms with Crippen molar-refractivity contribution in [3.05, 3.63) is 35.4 Å². The molecule has 1 aliphatic carbocycles. The maximum atomic E-state index is 10.8. The Balaban J connectivity index is 1.82. The van der Waals surface area contributed by atoms with Gasteiger partial charge in [0, 0.05) is 12.6 Å². The number of nitrogens with one attached hydrogen (secondary N) is 1. The fourth-order valence-electron chi connectivity index (χ4n) is 3.02. The van der Waals surface area contributed by atoms with Crippen LogP contribution in [0.25, 0.3) is 0 Å². The average molecular weight is 275 g/mol. The van der Waals surface area contributed by atoms with Gasteiger partial charge in [-0.25, -0.2) is 4.79 Å². The summed E-state index contributed by atoms with van der Waals surface area (Å²) in [5.41, 5.74) is 1.50. The Morgan fingerprint density at radius 1 is 1.20 bits per heavy atom. The zero-order chi connectivity index (χ0) is 14.4. The lowest BCUT2D eigenvalue weighted by atomic mass is 9.93. The summed E-state index contributed by atoms with van der Waals surface area (Å²) in [6, 6.07) is 7.69. The standard InChI is InChI=1S/C17H25NO2/c1-13(15-6-4-2-3-5-7-15)18-12-14-8-10-16(11-9-14)17(19)20/h8-11,13,15,18H,2-7,12H2,1H3,(H,19,20)/t13-/m0/s1. The molecule has 0 bridgehead atoms. The van der Waals surface area contributed by atoms with Crippen LogP contribution in [-0.2, 0) is 6.54 Å². The van der Waals surface area contributed by atoms with Crippen molar-refractivity contribution in [1.82, 2.24) is 5.32 Å². The molecule has 0 saturated heterocycles. The van der Waals surface area contributed by atoms with E-state index in [0.717, 1.165) is 18.0 Å². The van der Waals surface area contributed by atoms with E-state index in [4.69, 9.17) is 5.11 Å². The molecular weight excluding hydrogens is 250 g/mol. The Hall–Kier alpha value is -1.35. The summed E-state index contributed by atoms with van der Waals surface area (Å²) in [7, 11) is 0. The van der Waals surface area contributed by atoms with Crippen LogP contribution in [0, 0.1) is 5.92 Å². The molecule has 1 aromatic rings. The van der Waals surface area contributed by atoms with Gasteiger partial charge < -0.3 is 10.4 Å². The van der Waals surface area contributed by atoms with Gasteiger partial charge in [-0.1, -0.05) is 37.8 Å². The van der Waals surface area contributed by atoms with Gasteiger partial charge in [0.25, 0.3) is 0 Å². The highest BCUT2D eigenvalue weighted by Crippen LogP contribution is 2.25. The van der Waals surface area contributed by atoms with Crippen LogP contribution in [0.1, 0.15) is 61.4 Å². The van der Waals surface area contributed by atoms with Gasteiger partial charge in [-0.3, -0.25) is 0 Å². The van der Waals surface area contributed by atoms with Crippen molar-refractivity contribution in [1.29, 1.82) is 0 Å². The molecule has 2 rings (SSSR count). The molecule has 0 amide bonds. The van der Waals surface area contributed by atoms with Crippen molar-refractivity contribution < 1.29 is 9.90 Å². The molecule has 0 radical (unpaired) electrons. The van der Waals surface area contributed by atoms with Crippen LogP contribution < -0.4 is 5.32 Å². The third kappa shape index (κ3) is 4.34. The minimum atomic E-state index is -0.865. The van der Waals surface area contributed by atoms with Crippen molar-refractivity contribution in [2.24, 2.45) is 5.92 Å². The van der Waals surface area contributed by atoms with Crippen molar-refractivity contribution in [2.45, 2.75) is 58.0 Å². The number of benzene rings is 1. The molecule has 1 aromatic carbocycles. The van der Waals surface area contributed by atoms with Crippen molar-refractivity contribution in [2.75, 3.05) is 0 Å². The van der Waals surface area contributed by atoms with E-state index in [1.807, 2.05) is 12.1 Å². The van der Waals surface area contributed by atoms with Gasteiger partial charge in [0.05, 0.1) is 5.56 Å². The van der Waals surface area contributed by atoms with Crippen LogP contribution in [-0.4, -0.2) is 17.1 Å². The molecule has 0 spiro atoms. The first kappa shape index (κ1) is 15.0. The van der Waals surface area contributed by atoms with Gasteiger partial charge in [-0.2, -0.15) is 0 Å². The lowest BCUT2D eigenvalue weighted by molar-refractivity contribution is 0.0697. The Labute approximate surface area is 121 Å². The first-order chi connectivity index (χ1) is 9.66. The van der Waals surface area contributed by atoms with Gasteiger partial charge in [0.15, 0.2) is 0 Å². The van der Waals surface area contributed by atoms with Crippen LogP contribution in [0.3, 0.4) is 0 Å². The number of aromatic carboxylic acids is 1. The lowest BCUT2D eigenvalue weighted by Crippen LogP contribution is -2.32. The molecule has 1 atom stereocenters. The third-order valence-electron chi connectivity index (χ3n) is 4.44. The SMILES string of the molecule is C[C@H](NCc1ccc(C(=O)O)cc1)C1CCCCCC1. The van der Waals surface area contributed by atoms with Gasteiger partial charge in [-0.15, -0.1) is 0 Å². The molecule has 1 fully saturated rings. The third-order valence-corrected chi connectivity index (χ3v) is 4.44. The monoisotopic (exact) mass is 275 g/mol. The Morgan fingerprint density at radius 2 is 1.80 bits per heavy atom. The van der Waals surface area contributed by atoms with E-state index >= 15 is 0 Å². The van der Waals surface area contributed by atoms with E-state index in [1.165, 1.54) is 38.5 Å². The normalized spacial score (nSPS) is 18.4. The fourth-order valence-corrected chi connectivity index (χ4v) is 3.02. The molecule has 0 unspecified atom stereocenters. The van der Waals surface area contributed by atoms with Crippen LogP contribution in [0.4, 0.5) is 0 Å². The highest BCUT2D eigenvalue weighted by Gasteiger charge is 2.18. The van der Waals surface area contributed by atoms with E-state index in [9.17, 15) is 4.79 Å². The topological polar surface area (TPSA) is 49.3 Å². The summed E-state index contributed by atoms with van der Waals surface area (Å²) in [5.74, 6) is -0.0767. The molecule has 0 aliphatic heterocycles. The van der Waals surface area contributed by atoms with Gasteiger partial charge in [0.2, 0.25) is 0 Å². The van der Waals surface area contributed by atoms with E-state index in [-0.39, 0.29) is 0 Å². The number of carbonyl (C=O) groups is 1. The molecule has 110 valence electrons. The molecule has 0 aromatic heterocycles. The summed E-state index contributed by atoms with van der Waals surface area (Å²) in [5, 5.41) is 12.5. The van der Waals surface area contributed by atoms with Crippen LogP contribution in [0.2, 0.25) is 0 Å². The first-order valence-electron chi connectivity index (χ1n) is 7.72. The van der Waals surface area contributed by atoms with Gasteiger partial charge in [0.1, 0.15) is 0 Å². The number of hydrogen-bond acceptors (Lipinski definition) is 2. The second-order valence-electron chi connectivity index (χ2n) is 5.92. The molecule has 1 saturated carbocycles. The summed E-state index contributed by atoms with van der Waals surface area (Å²) in [6.07, 6.45) is 8.19. The smallest absolute Gasteiger partial charge is 0.335 e.